The van der Waals surface area contributed by atoms with Gasteiger partial charge in [-0.1, -0.05) is 105 Å². The average Bonchev–Trinajstić information content (AvgIpc) is 3.76. The average molecular weight is 643 g/mol. The van der Waals surface area contributed by atoms with E-state index < -0.39 is 0 Å². The minimum absolute atomic E-state index is 0.591. The summed E-state index contributed by atoms with van der Waals surface area (Å²) in [6.07, 6.45) is 0. The summed E-state index contributed by atoms with van der Waals surface area (Å²) in [5.74, 6) is 0. The molecule has 0 fully saturated rings. The second kappa shape index (κ2) is 12.6. The fourth-order valence-corrected chi connectivity index (χ4v) is 6.97. The summed E-state index contributed by atoms with van der Waals surface area (Å²) in [6, 6.07) is 53.2. The van der Waals surface area contributed by atoms with Gasteiger partial charge in [0.05, 0.1) is 17.2 Å². The highest BCUT2D eigenvalue weighted by Crippen LogP contribution is 2.44. The molecule has 0 atom stereocenters. The smallest absolute Gasteiger partial charge is 0.136 e. The zero-order valence-electron chi connectivity index (χ0n) is 27.6. The summed E-state index contributed by atoms with van der Waals surface area (Å²) in [5, 5.41) is 23.9. The number of nitrogens with zero attached hydrogens (tertiary/aromatic N) is 2. The second-order valence-corrected chi connectivity index (χ2v) is 11.9. The van der Waals surface area contributed by atoms with Crippen LogP contribution >= 0.6 is 0 Å². The first-order chi connectivity index (χ1) is 24.7. The number of fused-ring (bicyclic) bond motifs is 6. The third-order valence-corrected chi connectivity index (χ3v) is 9.16. The number of benzene rings is 7. The zero-order chi connectivity index (χ0) is 34.2. The molecule has 2 aromatic heterocycles. The molecule has 0 amide bonds. The molecule has 0 radical (unpaired) electrons. The summed E-state index contributed by atoms with van der Waals surface area (Å²) < 4.78 is 12.8. The molecule has 7 aromatic carbocycles. The van der Waals surface area contributed by atoms with E-state index in [0.29, 0.717) is 11.1 Å². The van der Waals surface area contributed by atoms with E-state index in [0.717, 1.165) is 88.4 Å². The van der Waals surface area contributed by atoms with Crippen molar-refractivity contribution < 1.29 is 8.83 Å². The Morgan fingerprint density at radius 2 is 0.980 bits per heavy atom. The van der Waals surface area contributed by atoms with E-state index in [1.54, 1.807) is 6.07 Å². The van der Waals surface area contributed by atoms with Gasteiger partial charge in [0.15, 0.2) is 0 Å². The minimum atomic E-state index is 0.591. The third kappa shape index (κ3) is 4.99. The fraction of sp³-hybridized carbons (Fsp3) is 0.0435. The molecule has 9 aromatic rings. The Morgan fingerprint density at radius 1 is 0.400 bits per heavy atom. The van der Waals surface area contributed by atoms with Crippen LogP contribution in [-0.4, -0.2) is 0 Å². The Balaban J connectivity index is 0.00000177. The van der Waals surface area contributed by atoms with Crippen molar-refractivity contribution in [2.75, 3.05) is 0 Å². The Hall–Kier alpha value is -6.88. The first kappa shape index (κ1) is 30.5. The van der Waals surface area contributed by atoms with Gasteiger partial charge in [0, 0.05) is 32.7 Å². The fourth-order valence-electron chi connectivity index (χ4n) is 6.97. The molecule has 4 nitrogen and oxygen atoms in total. The molecular weight excluding hydrogens is 613 g/mol. The highest BCUT2D eigenvalue weighted by molar-refractivity contribution is 6.19. The van der Waals surface area contributed by atoms with Gasteiger partial charge in [0.1, 0.15) is 28.4 Å². The number of hydrogen-bond acceptors (Lipinski definition) is 4. The van der Waals surface area contributed by atoms with Crippen LogP contribution in [0.3, 0.4) is 0 Å². The predicted molar refractivity (Wildman–Crippen MR) is 204 cm³/mol. The van der Waals surface area contributed by atoms with Crippen LogP contribution in [0.15, 0.2) is 154 Å². The van der Waals surface area contributed by atoms with Crippen molar-refractivity contribution in [2.24, 2.45) is 0 Å². The minimum Gasteiger partial charge on any atom is -0.456 e. The van der Waals surface area contributed by atoms with Gasteiger partial charge in [-0.15, -0.1) is 0 Å². The maximum absolute atomic E-state index is 10.4. The second-order valence-electron chi connectivity index (χ2n) is 11.9. The van der Waals surface area contributed by atoms with E-state index in [4.69, 9.17) is 8.83 Å². The van der Waals surface area contributed by atoms with Crippen LogP contribution in [0.5, 0.6) is 0 Å². The maximum Gasteiger partial charge on any atom is 0.136 e. The van der Waals surface area contributed by atoms with Gasteiger partial charge in [-0.05, 0) is 88.0 Å². The number of hydrogen-bond donors (Lipinski definition) is 0. The Kier molecular flexibility index (Phi) is 7.69. The van der Waals surface area contributed by atoms with E-state index in [-0.39, 0.29) is 0 Å². The molecule has 2 heterocycles. The van der Waals surface area contributed by atoms with E-state index in [1.165, 1.54) is 0 Å². The van der Waals surface area contributed by atoms with Crippen LogP contribution in [-0.2, 0) is 0 Å². The lowest BCUT2D eigenvalue weighted by Gasteiger charge is -2.14. The summed E-state index contributed by atoms with van der Waals surface area (Å²) in [6.45, 7) is 4.00. The molecular formula is C46H30N2O2. The SMILES string of the molecule is CC.N#Cc1ccc2oc3cccc(-c4cccc5oc6cc(-c7cc(-c8ccccc8)c(C#N)c(-c8ccccc8)c7)ccc6c45)c3c2c1. The molecule has 50 heavy (non-hydrogen) atoms. The first-order valence-corrected chi connectivity index (χ1v) is 16.7. The molecule has 0 saturated heterocycles. The standard InChI is InChI=1S/C44H24N2O2.C2H6/c45-25-27-17-20-39-37(21-27)44-33(14-8-16-41(44)47-39)32-13-7-15-40-43(32)34-19-18-30(24-42(34)48-40)31-22-35(28-9-3-1-4-10-28)38(26-46)36(23-31)29-11-5-2-6-12-29;1-2/h1-24H;1-2H3. The predicted octanol–water partition coefficient (Wildman–Crippen LogP) is 12.9. The molecule has 0 unspecified atom stereocenters. The molecule has 0 aliphatic carbocycles. The van der Waals surface area contributed by atoms with E-state index >= 15 is 0 Å². The summed E-state index contributed by atoms with van der Waals surface area (Å²) in [4.78, 5) is 0. The van der Waals surface area contributed by atoms with Gasteiger partial charge in [0.25, 0.3) is 0 Å². The molecule has 0 aliphatic rings. The van der Waals surface area contributed by atoms with E-state index in [9.17, 15) is 10.5 Å². The number of furan rings is 2. The van der Waals surface area contributed by atoms with Gasteiger partial charge in [-0.25, -0.2) is 0 Å². The highest BCUT2D eigenvalue weighted by atomic mass is 16.3. The van der Waals surface area contributed by atoms with Crippen LogP contribution in [0.25, 0.3) is 88.4 Å². The topological polar surface area (TPSA) is 73.9 Å². The molecule has 0 bridgehead atoms. The van der Waals surface area contributed by atoms with Crippen molar-refractivity contribution in [1.29, 1.82) is 10.5 Å². The van der Waals surface area contributed by atoms with Gasteiger partial charge < -0.3 is 8.83 Å². The maximum atomic E-state index is 10.4. The van der Waals surface area contributed by atoms with Gasteiger partial charge in [-0.2, -0.15) is 10.5 Å². The van der Waals surface area contributed by atoms with Crippen molar-refractivity contribution in [3.05, 3.63) is 157 Å². The molecule has 9 rings (SSSR count). The van der Waals surface area contributed by atoms with E-state index in [1.807, 2.05) is 111 Å². The van der Waals surface area contributed by atoms with Crippen LogP contribution in [0.1, 0.15) is 25.0 Å². The summed E-state index contributed by atoms with van der Waals surface area (Å²) in [7, 11) is 0. The lowest BCUT2D eigenvalue weighted by molar-refractivity contribution is 0.668. The van der Waals surface area contributed by atoms with Crippen molar-refractivity contribution in [1.82, 2.24) is 0 Å². The number of nitriles is 2. The van der Waals surface area contributed by atoms with Gasteiger partial charge in [0.2, 0.25) is 0 Å². The molecule has 236 valence electrons. The van der Waals surface area contributed by atoms with Crippen molar-refractivity contribution in [3.63, 3.8) is 0 Å². The van der Waals surface area contributed by atoms with Crippen LogP contribution in [0, 0.1) is 22.7 Å². The summed E-state index contributed by atoms with van der Waals surface area (Å²) in [5.41, 5.74) is 12.1. The van der Waals surface area contributed by atoms with Crippen molar-refractivity contribution >= 4 is 43.9 Å². The first-order valence-electron chi connectivity index (χ1n) is 16.7. The molecule has 0 saturated carbocycles. The van der Waals surface area contributed by atoms with E-state index in [2.05, 4.69) is 54.6 Å². The monoisotopic (exact) mass is 642 g/mol. The van der Waals surface area contributed by atoms with Gasteiger partial charge >= 0.3 is 0 Å². The Labute approximate surface area is 289 Å². The van der Waals surface area contributed by atoms with Crippen LogP contribution in [0.4, 0.5) is 0 Å². The number of rotatable bonds is 4. The molecule has 0 N–H and O–H groups in total. The van der Waals surface area contributed by atoms with Crippen LogP contribution < -0.4 is 0 Å². The quantitative estimate of drug-likeness (QED) is 0.191. The molecule has 0 aliphatic heterocycles. The van der Waals surface area contributed by atoms with Gasteiger partial charge in [-0.3, -0.25) is 0 Å². The molecule has 4 heteroatoms. The lowest BCUT2D eigenvalue weighted by atomic mass is 9.88. The largest absolute Gasteiger partial charge is 0.456 e. The highest BCUT2D eigenvalue weighted by Gasteiger charge is 2.20. The van der Waals surface area contributed by atoms with Crippen molar-refractivity contribution in [2.45, 2.75) is 13.8 Å². The normalized spacial score (nSPS) is 11.0. The zero-order valence-corrected chi connectivity index (χ0v) is 27.6. The Bertz CT molecular complexity index is 2730. The summed E-state index contributed by atoms with van der Waals surface area (Å²) >= 11 is 0. The molecule has 0 spiro atoms. The third-order valence-electron chi connectivity index (χ3n) is 9.16. The Morgan fingerprint density at radius 3 is 1.56 bits per heavy atom. The lowest BCUT2D eigenvalue weighted by Crippen LogP contribution is -1.92. The van der Waals surface area contributed by atoms with Crippen molar-refractivity contribution in [3.8, 4) is 56.6 Å². The van der Waals surface area contributed by atoms with Crippen LogP contribution in [0.2, 0.25) is 0 Å².